The van der Waals surface area contributed by atoms with Crippen LogP contribution >= 0.6 is 0 Å². The van der Waals surface area contributed by atoms with Gasteiger partial charge in [0.25, 0.3) is 0 Å². The van der Waals surface area contributed by atoms with Crippen molar-refractivity contribution in [2.75, 3.05) is 6.54 Å². The third-order valence-electron chi connectivity index (χ3n) is 1.32. The number of guanidine groups is 1. The van der Waals surface area contributed by atoms with Gasteiger partial charge in [-0.3, -0.25) is 10.2 Å². The Morgan fingerprint density at radius 1 is 1.50 bits per heavy atom. The first-order valence-corrected chi connectivity index (χ1v) is 3.60. The zero-order valence-corrected chi connectivity index (χ0v) is 6.71. The quantitative estimate of drug-likeness (QED) is 0.159. The van der Waals surface area contributed by atoms with Gasteiger partial charge in [-0.15, -0.1) is 0 Å². The molecule has 0 rings (SSSR count). The molecule has 0 saturated carbocycles. The van der Waals surface area contributed by atoms with Crippen LogP contribution in [0.5, 0.6) is 0 Å². The van der Waals surface area contributed by atoms with Gasteiger partial charge in [-0.2, -0.15) is 0 Å². The van der Waals surface area contributed by atoms with Crippen LogP contribution in [0.25, 0.3) is 0 Å². The Morgan fingerprint density at radius 2 is 2.00 bits per heavy atom. The molecule has 14 heavy (non-hydrogen) atoms. The van der Waals surface area contributed by atoms with E-state index in [0.717, 1.165) is 0 Å². The van der Waals surface area contributed by atoms with Crippen LogP contribution in [0.2, 0.25) is 0 Å². The molecule has 0 aliphatic carbocycles. The molecule has 0 amide bonds. The first-order chi connectivity index (χ1) is 5.54. The molecule has 1 atom stereocenters. The molecule has 0 radical (unpaired) electrons. The number of nitrogens with two attached hydrogens (primary N) is 2. The topological polar surface area (TPSA) is 125 Å². The van der Waals surface area contributed by atoms with E-state index in [4.69, 9.17) is 22.0 Å². The maximum absolute atomic E-state index is 10.2. The van der Waals surface area contributed by atoms with Gasteiger partial charge < -0.3 is 21.9 Å². The van der Waals surface area contributed by atoms with Gasteiger partial charge in [0.1, 0.15) is 6.04 Å². The molecule has 0 heterocycles. The average molecular weight is 254 g/mol. The molecule has 0 aromatic heterocycles. The van der Waals surface area contributed by atoms with Crippen LogP contribution in [0.15, 0.2) is 0 Å². The normalized spacial score (nSPS) is 10.4. The predicted octanol–water partition coefficient (Wildman–Crippen LogP) is -2.64. The van der Waals surface area contributed by atoms with Gasteiger partial charge in [0.2, 0.25) is 0 Å². The van der Waals surface area contributed by atoms with E-state index in [1.807, 2.05) is 0 Å². The molecular weight excluding hydrogens is 238 g/mol. The van der Waals surface area contributed by atoms with Crippen molar-refractivity contribution in [3.63, 3.8) is 0 Å². The number of rotatable bonds is 5. The standard InChI is InChI=1S/C6H14N4O2.2K.2H/c7-4(5(11)12)2-1-3-10-6(8)9;;;;/h4H,1-3,7H2,(H,11,12)(H4,8,9,10);;;;/t4-;;;;/m0..../s1. The van der Waals surface area contributed by atoms with Crippen LogP contribution in [0, 0.1) is 5.41 Å². The Labute approximate surface area is 168 Å². The number of carbonyl (C=O) groups is 1. The van der Waals surface area contributed by atoms with Gasteiger partial charge in [-0.05, 0) is 12.8 Å². The van der Waals surface area contributed by atoms with E-state index in [-0.39, 0.29) is 109 Å². The molecule has 0 unspecified atom stereocenters. The molecule has 74 valence electrons. The Morgan fingerprint density at radius 3 is 2.36 bits per heavy atom. The Kier molecular flexibility index (Phi) is 19.8. The van der Waals surface area contributed by atoms with Crippen molar-refractivity contribution >= 4 is 115 Å². The predicted molar refractivity (Wildman–Crippen MR) is 59.1 cm³/mol. The van der Waals surface area contributed by atoms with E-state index in [1.165, 1.54) is 0 Å². The fourth-order valence-electron chi connectivity index (χ4n) is 0.669. The number of carboxylic acids is 1. The molecule has 0 bridgehead atoms. The Hall–Kier alpha value is 1.97. The van der Waals surface area contributed by atoms with Crippen LogP contribution < -0.4 is 16.8 Å². The molecule has 0 fully saturated rings. The van der Waals surface area contributed by atoms with Crippen LogP contribution in [-0.4, -0.2) is 132 Å². The van der Waals surface area contributed by atoms with Gasteiger partial charge in [-0.25, -0.2) is 0 Å². The zero-order valence-electron chi connectivity index (χ0n) is 6.71. The summed E-state index contributed by atoms with van der Waals surface area (Å²) >= 11 is 0. The summed E-state index contributed by atoms with van der Waals surface area (Å²) in [7, 11) is 0. The molecule has 6 nitrogen and oxygen atoms in total. The SMILES string of the molecule is N=C(N)NCCC[C@H](N)C(=O)O.[KH].[KH]. The van der Waals surface area contributed by atoms with Gasteiger partial charge in [0.15, 0.2) is 5.96 Å². The first kappa shape index (κ1) is 21.3. The van der Waals surface area contributed by atoms with Gasteiger partial charge in [0.05, 0.1) is 0 Å². The van der Waals surface area contributed by atoms with Gasteiger partial charge >= 0.3 is 109 Å². The first-order valence-electron chi connectivity index (χ1n) is 3.60. The third-order valence-corrected chi connectivity index (χ3v) is 1.32. The van der Waals surface area contributed by atoms with E-state index in [2.05, 4.69) is 5.32 Å². The molecule has 0 aromatic rings. The Balaban J connectivity index is -0.000000605. The molecule has 0 saturated heterocycles. The van der Waals surface area contributed by atoms with Crippen LogP contribution in [0.4, 0.5) is 0 Å². The van der Waals surface area contributed by atoms with Crippen LogP contribution in [0.3, 0.4) is 0 Å². The third kappa shape index (κ3) is 14.0. The summed E-state index contributed by atoms with van der Waals surface area (Å²) in [4.78, 5) is 10.2. The monoisotopic (exact) mass is 254 g/mol. The van der Waals surface area contributed by atoms with Crippen molar-refractivity contribution < 1.29 is 9.90 Å². The molecule has 0 aliphatic rings. The maximum atomic E-state index is 10.2. The van der Waals surface area contributed by atoms with Crippen LogP contribution in [0.1, 0.15) is 12.8 Å². The molecular formula is C6H16K2N4O2. The summed E-state index contributed by atoms with van der Waals surface area (Å²) in [5.41, 5.74) is 10.2. The molecule has 0 aromatic carbocycles. The molecule has 0 spiro atoms. The van der Waals surface area contributed by atoms with Crippen molar-refractivity contribution in [1.82, 2.24) is 5.32 Å². The number of hydrogen-bond donors (Lipinski definition) is 5. The molecule has 7 N–H and O–H groups in total. The second-order valence-corrected chi connectivity index (χ2v) is 2.43. The van der Waals surface area contributed by atoms with Crippen molar-refractivity contribution in [2.45, 2.75) is 18.9 Å². The van der Waals surface area contributed by atoms with Crippen molar-refractivity contribution in [2.24, 2.45) is 11.5 Å². The van der Waals surface area contributed by atoms with Crippen molar-refractivity contribution in [1.29, 1.82) is 5.41 Å². The van der Waals surface area contributed by atoms with Crippen LogP contribution in [-0.2, 0) is 4.79 Å². The van der Waals surface area contributed by atoms with Gasteiger partial charge in [-0.1, -0.05) is 0 Å². The van der Waals surface area contributed by atoms with E-state index in [0.29, 0.717) is 19.4 Å². The van der Waals surface area contributed by atoms with Crippen molar-refractivity contribution in [3.8, 4) is 0 Å². The summed E-state index contributed by atoms with van der Waals surface area (Å²) in [5, 5.41) is 17.7. The van der Waals surface area contributed by atoms with E-state index < -0.39 is 12.0 Å². The summed E-state index contributed by atoms with van der Waals surface area (Å²) in [6.07, 6.45) is 0.975. The van der Waals surface area contributed by atoms with E-state index in [1.54, 1.807) is 0 Å². The average Bonchev–Trinajstić information content (AvgIpc) is 1.97. The summed E-state index contributed by atoms with van der Waals surface area (Å²) in [6, 6.07) is -0.821. The minimum absolute atomic E-state index is 0. The number of aliphatic carboxylic acids is 1. The number of hydrogen-bond acceptors (Lipinski definition) is 3. The number of nitrogens with one attached hydrogen (secondary N) is 2. The minimum atomic E-state index is -1.00. The Bertz CT molecular complexity index is 179. The summed E-state index contributed by atoms with van der Waals surface area (Å²) in [5.74, 6) is -1.11. The summed E-state index contributed by atoms with van der Waals surface area (Å²) < 4.78 is 0. The molecule has 8 heteroatoms. The summed E-state index contributed by atoms with van der Waals surface area (Å²) in [6.45, 7) is 0.482. The van der Waals surface area contributed by atoms with E-state index in [9.17, 15) is 4.79 Å². The fraction of sp³-hybridized carbons (Fsp3) is 0.667. The fourth-order valence-corrected chi connectivity index (χ4v) is 0.669. The van der Waals surface area contributed by atoms with Gasteiger partial charge in [0, 0.05) is 6.54 Å². The second-order valence-electron chi connectivity index (χ2n) is 2.43. The number of carboxylic acid groups (broad SMARTS) is 1. The van der Waals surface area contributed by atoms with Crippen molar-refractivity contribution in [3.05, 3.63) is 0 Å². The molecule has 0 aliphatic heterocycles. The zero-order chi connectivity index (χ0) is 9.56. The van der Waals surface area contributed by atoms with E-state index >= 15 is 0 Å². The second kappa shape index (κ2) is 13.0.